The van der Waals surface area contributed by atoms with Gasteiger partial charge in [0.1, 0.15) is 12.2 Å². The molecular formula is C11H13BrClN5. The fourth-order valence-electron chi connectivity index (χ4n) is 1.73. The zero-order valence-corrected chi connectivity index (χ0v) is 12.1. The van der Waals surface area contributed by atoms with Gasteiger partial charge < -0.3 is 0 Å². The van der Waals surface area contributed by atoms with Crippen molar-refractivity contribution in [2.24, 2.45) is 12.9 Å². The predicted octanol–water partition coefficient (Wildman–Crippen LogP) is 1.98. The second kappa shape index (κ2) is 5.79. The van der Waals surface area contributed by atoms with Gasteiger partial charge in [-0.25, -0.2) is 4.98 Å². The van der Waals surface area contributed by atoms with Crippen molar-refractivity contribution >= 4 is 27.5 Å². The highest BCUT2D eigenvalue weighted by atomic mass is 79.9. The lowest BCUT2D eigenvalue weighted by molar-refractivity contribution is 0.521. The Hall–Kier alpha value is -0.950. The molecule has 0 saturated heterocycles. The van der Waals surface area contributed by atoms with E-state index in [4.69, 9.17) is 17.4 Å². The van der Waals surface area contributed by atoms with E-state index in [9.17, 15) is 0 Å². The summed E-state index contributed by atoms with van der Waals surface area (Å²) in [6.07, 6.45) is 2.15. The van der Waals surface area contributed by atoms with Crippen molar-refractivity contribution in [3.63, 3.8) is 0 Å². The van der Waals surface area contributed by atoms with Crippen LogP contribution in [0.2, 0.25) is 5.02 Å². The molecule has 0 spiro atoms. The maximum atomic E-state index is 6.01. The molecular weight excluding hydrogens is 318 g/mol. The molecule has 2 rings (SSSR count). The number of nitrogens with two attached hydrogens (primary N) is 1. The SMILES string of the molecule is Cn1ncnc1CC(NN)c1cc(Cl)ccc1Br. The standard InChI is InChI=1S/C11H13BrClN5/c1-18-11(15-6-16-18)5-10(17-14)8-4-7(13)2-3-9(8)12/h2-4,6,10,17H,5,14H2,1H3. The Labute approximate surface area is 118 Å². The lowest BCUT2D eigenvalue weighted by atomic mass is 10.0. The number of halogens is 2. The van der Waals surface area contributed by atoms with Gasteiger partial charge >= 0.3 is 0 Å². The molecule has 0 aliphatic rings. The van der Waals surface area contributed by atoms with Gasteiger partial charge in [0.2, 0.25) is 0 Å². The van der Waals surface area contributed by atoms with Crippen molar-refractivity contribution in [2.45, 2.75) is 12.5 Å². The zero-order chi connectivity index (χ0) is 13.1. The van der Waals surface area contributed by atoms with Crippen molar-refractivity contribution in [1.82, 2.24) is 20.2 Å². The Bertz CT molecular complexity index is 542. The van der Waals surface area contributed by atoms with Crippen LogP contribution in [-0.4, -0.2) is 14.8 Å². The number of nitrogens with one attached hydrogen (secondary N) is 1. The highest BCUT2D eigenvalue weighted by Crippen LogP contribution is 2.28. The molecule has 1 heterocycles. The Morgan fingerprint density at radius 2 is 2.33 bits per heavy atom. The predicted molar refractivity (Wildman–Crippen MR) is 73.9 cm³/mol. The summed E-state index contributed by atoms with van der Waals surface area (Å²) in [5.74, 6) is 6.47. The van der Waals surface area contributed by atoms with Crippen LogP contribution in [0.25, 0.3) is 0 Å². The second-order valence-corrected chi connectivity index (χ2v) is 5.18. The average Bonchev–Trinajstić information content (AvgIpc) is 2.75. The summed E-state index contributed by atoms with van der Waals surface area (Å²) in [4.78, 5) is 4.19. The molecule has 5 nitrogen and oxygen atoms in total. The molecule has 96 valence electrons. The monoisotopic (exact) mass is 329 g/mol. The molecule has 1 unspecified atom stereocenters. The van der Waals surface area contributed by atoms with Gasteiger partial charge in [-0.2, -0.15) is 5.10 Å². The second-order valence-electron chi connectivity index (χ2n) is 3.89. The van der Waals surface area contributed by atoms with E-state index in [1.165, 1.54) is 6.33 Å². The lowest BCUT2D eigenvalue weighted by Crippen LogP contribution is -2.30. The van der Waals surface area contributed by atoms with Crippen LogP contribution >= 0.6 is 27.5 Å². The van der Waals surface area contributed by atoms with Gasteiger partial charge in [0.15, 0.2) is 0 Å². The smallest absolute Gasteiger partial charge is 0.138 e. The molecule has 1 aromatic heterocycles. The molecule has 0 fully saturated rings. The van der Waals surface area contributed by atoms with Gasteiger partial charge in [-0.1, -0.05) is 27.5 Å². The van der Waals surface area contributed by atoms with Gasteiger partial charge in [-0.15, -0.1) is 0 Å². The normalized spacial score (nSPS) is 12.7. The summed E-state index contributed by atoms with van der Waals surface area (Å²) in [6, 6.07) is 5.52. The third kappa shape index (κ3) is 2.89. The molecule has 2 aromatic rings. The fraction of sp³-hybridized carbons (Fsp3) is 0.273. The van der Waals surface area contributed by atoms with E-state index in [1.807, 2.05) is 25.2 Å². The summed E-state index contributed by atoms with van der Waals surface area (Å²) in [6.45, 7) is 0. The summed E-state index contributed by atoms with van der Waals surface area (Å²) in [7, 11) is 1.85. The minimum absolute atomic E-state index is 0.0824. The first-order valence-electron chi connectivity index (χ1n) is 5.35. The maximum Gasteiger partial charge on any atom is 0.138 e. The Morgan fingerprint density at radius 3 is 2.94 bits per heavy atom. The first kappa shape index (κ1) is 13.5. The first-order valence-corrected chi connectivity index (χ1v) is 6.53. The van der Waals surface area contributed by atoms with Crippen molar-refractivity contribution in [2.75, 3.05) is 0 Å². The van der Waals surface area contributed by atoms with Crippen LogP contribution in [-0.2, 0) is 13.5 Å². The van der Waals surface area contributed by atoms with Gasteiger partial charge in [-0.3, -0.25) is 16.0 Å². The van der Waals surface area contributed by atoms with Gasteiger partial charge in [0.25, 0.3) is 0 Å². The average molecular weight is 331 g/mol. The Balaban J connectivity index is 2.28. The quantitative estimate of drug-likeness (QED) is 0.664. The molecule has 18 heavy (non-hydrogen) atoms. The number of aryl methyl sites for hydroxylation is 1. The number of hydrazine groups is 1. The minimum atomic E-state index is -0.0824. The van der Waals surface area contributed by atoms with Crippen molar-refractivity contribution < 1.29 is 0 Å². The zero-order valence-electron chi connectivity index (χ0n) is 9.77. The van der Waals surface area contributed by atoms with Crippen LogP contribution < -0.4 is 11.3 Å². The number of nitrogens with zero attached hydrogens (tertiary/aromatic N) is 3. The summed E-state index contributed by atoms with van der Waals surface area (Å²) in [5.41, 5.74) is 3.78. The van der Waals surface area contributed by atoms with E-state index in [2.05, 4.69) is 31.4 Å². The van der Waals surface area contributed by atoms with E-state index in [-0.39, 0.29) is 6.04 Å². The Kier molecular flexibility index (Phi) is 4.34. The van der Waals surface area contributed by atoms with E-state index in [0.717, 1.165) is 15.9 Å². The number of benzene rings is 1. The molecule has 0 bridgehead atoms. The molecule has 3 N–H and O–H groups in total. The third-order valence-corrected chi connectivity index (χ3v) is 3.68. The van der Waals surface area contributed by atoms with Gasteiger partial charge in [-0.05, 0) is 23.8 Å². The largest absolute Gasteiger partial charge is 0.271 e. The number of rotatable bonds is 4. The summed E-state index contributed by atoms with van der Waals surface area (Å²) < 4.78 is 2.68. The maximum absolute atomic E-state index is 6.01. The highest BCUT2D eigenvalue weighted by molar-refractivity contribution is 9.10. The molecule has 7 heteroatoms. The summed E-state index contributed by atoms with van der Waals surface area (Å²) in [5, 5.41) is 4.71. The van der Waals surface area contributed by atoms with Crippen LogP contribution in [0, 0.1) is 0 Å². The lowest BCUT2D eigenvalue weighted by Gasteiger charge is -2.17. The van der Waals surface area contributed by atoms with Gasteiger partial charge in [0.05, 0.1) is 6.04 Å². The van der Waals surface area contributed by atoms with E-state index in [0.29, 0.717) is 11.4 Å². The van der Waals surface area contributed by atoms with Crippen LogP contribution in [0.15, 0.2) is 29.0 Å². The van der Waals surface area contributed by atoms with Crippen molar-refractivity contribution in [1.29, 1.82) is 0 Å². The molecule has 1 aromatic carbocycles. The highest BCUT2D eigenvalue weighted by Gasteiger charge is 2.16. The van der Waals surface area contributed by atoms with Crippen molar-refractivity contribution in [3.05, 3.63) is 45.4 Å². The Morgan fingerprint density at radius 1 is 1.56 bits per heavy atom. The summed E-state index contributed by atoms with van der Waals surface area (Å²) >= 11 is 9.51. The molecule has 0 saturated carbocycles. The number of hydrogen-bond donors (Lipinski definition) is 2. The fourth-order valence-corrected chi connectivity index (χ4v) is 2.43. The van der Waals surface area contributed by atoms with E-state index >= 15 is 0 Å². The van der Waals surface area contributed by atoms with Crippen LogP contribution in [0.5, 0.6) is 0 Å². The van der Waals surface area contributed by atoms with E-state index < -0.39 is 0 Å². The molecule has 0 radical (unpaired) electrons. The minimum Gasteiger partial charge on any atom is -0.271 e. The van der Waals surface area contributed by atoms with Crippen LogP contribution in [0.4, 0.5) is 0 Å². The number of aromatic nitrogens is 3. The topological polar surface area (TPSA) is 68.8 Å². The third-order valence-electron chi connectivity index (χ3n) is 2.73. The van der Waals surface area contributed by atoms with E-state index in [1.54, 1.807) is 4.68 Å². The first-order chi connectivity index (χ1) is 8.61. The molecule has 0 amide bonds. The number of hydrogen-bond acceptors (Lipinski definition) is 4. The molecule has 0 aliphatic carbocycles. The van der Waals surface area contributed by atoms with Crippen molar-refractivity contribution in [3.8, 4) is 0 Å². The van der Waals surface area contributed by atoms with Crippen LogP contribution in [0.3, 0.4) is 0 Å². The molecule has 1 atom stereocenters. The molecule has 0 aliphatic heterocycles. The van der Waals surface area contributed by atoms with Gasteiger partial charge in [0, 0.05) is 23.0 Å². The van der Waals surface area contributed by atoms with Crippen LogP contribution in [0.1, 0.15) is 17.4 Å².